The van der Waals surface area contributed by atoms with E-state index in [9.17, 15) is 9.00 Å². The third-order valence-corrected chi connectivity index (χ3v) is 4.91. The Morgan fingerprint density at radius 3 is 2.79 bits per heavy atom. The quantitative estimate of drug-likeness (QED) is 0.880. The second-order valence-electron chi connectivity index (χ2n) is 4.53. The van der Waals surface area contributed by atoms with Crippen LogP contribution in [-0.2, 0) is 17.3 Å². The van der Waals surface area contributed by atoms with Crippen molar-refractivity contribution in [3.63, 3.8) is 0 Å². The molecule has 0 saturated heterocycles. The largest absolute Gasteiger partial charge is 0.332 e. The molecule has 102 valence electrons. The zero-order chi connectivity index (χ0) is 14.0. The molecule has 6 heteroatoms. The van der Waals surface area contributed by atoms with E-state index in [0.717, 1.165) is 5.52 Å². The Balaban J connectivity index is 2.41. The van der Waals surface area contributed by atoms with Gasteiger partial charge in [0, 0.05) is 28.9 Å². The number of aromatic amines is 1. The molecule has 1 heterocycles. The summed E-state index contributed by atoms with van der Waals surface area (Å²) in [7, 11) is -0.884. The number of H-pyrrole nitrogens is 1. The molecule has 2 atom stereocenters. The van der Waals surface area contributed by atoms with Gasteiger partial charge in [-0.25, -0.2) is 0 Å². The van der Waals surface area contributed by atoms with Crippen LogP contribution in [0.5, 0.6) is 0 Å². The van der Waals surface area contributed by atoms with Gasteiger partial charge in [0.2, 0.25) is 0 Å². The van der Waals surface area contributed by atoms with Crippen molar-refractivity contribution < 1.29 is 4.21 Å². The normalized spacial score (nSPS) is 14.4. The van der Waals surface area contributed by atoms with E-state index >= 15 is 0 Å². The maximum absolute atomic E-state index is 12.3. The SMILES string of the molecule is CC(CCn1c(=S)[nH]c2ccccc2c1=O)S(C)=O. The lowest BCUT2D eigenvalue weighted by Crippen LogP contribution is -2.24. The lowest BCUT2D eigenvalue weighted by molar-refractivity contribution is 0.595. The third-order valence-electron chi connectivity index (χ3n) is 3.22. The first-order chi connectivity index (χ1) is 9.00. The van der Waals surface area contributed by atoms with E-state index in [1.807, 2.05) is 25.1 Å². The fourth-order valence-corrected chi connectivity index (χ4v) is 2.60. The summed E-state index contributed by atoms with van der Waals surface area (Å²) >= 11 is 5.22. The van der Waals surface area contributed by atoms with Gasteiger partial charge in [0.15, 0.2) is 4.77 Å². The van der Waals surface area contributed by atoms with Crippen molar-refractivity contribution >= 4 is 33.9 Å². The lowest BCUT2D eigenvalue weighted by atomic mass is 10.2. The van der Waals surface area contributed by atoms with Gasteiger partial charge in [0.1, 0.15) is 0 Å². The van der Waals surface area contributed by atoms with Crippen molar-refractivity contribution in [2.24, 2.45) is 0 Å². The molecule has 0 aliphatic rings. The number of hydrogen-bond acceptors (Lipinski definition) is 3. The first-order valence-electron chi connectivity index (χ1n) is 6.05. The summed E-state index contributed by atoms with van der Waals surface area (Å²) in [6.07, 6.45) is 2.34. The van der Waals surface area contributed by atoms with E-state index in [4.69, 9.17) is 12.2 Å². The van der Waals surface area contributed by atoms with Crippen molar-refractivity contribution in [1.29, 1.82) is 0 Å². The van der Waals surface area contributed by atoms with Crippen LogP contribution in [0.2, 0.25) is 0 Å². The van der Waals surface area contributed by atoms with E-state index in [-0.39, 0.29) is 10.8 Å². The maximum Gasteiger partial charge on any atom is 0.262 e. The summed E-state index contributed by atoms with van der Waals surface area (Å²) in [6, 6.07) is 7.30. The fraction of sp³-hybridized carbons (Fsp3) is 0.385. The minimum absolute atomic E-state index is 0.0489. The Hall–Kier alpha value is -1.27. The van der Waals surface area contributed by atoms with Crippen LogP contribution >= 0.6 is 12.2 Å². The highest BCUT2D eigenvalue weighted by atomic mass is 32.2. The molecule has 2 aromatic rings. The monoisotopic (exact) mass is 296 g/mol. The molecule has 2 rings (SSSR count). The highest BCUT2D eigenvalue weighted by Gasteiger charge is 2.09. The van der Waals surface area contributed by atoms with Crippen molar-refractivity contribution in [2.45, 2.75) is 25.1 Å². The second-order valence-corrected chi connectivity index (χ2v) is 6.72. The minimum atomic E-state index is -0.884. The van der Waals surface area contributed by atoms with Gasteiger partial charge in [-0.05, 0) is 30.8 Å². The number of nitrogens with one attached hydrogen (secondary N) is 1. The van der Waals surface area contributed by atoms with E-state index in [1.54, 1.807) is 16.9 Å². The van der Waals surface area contributed by atoms with Gasteiger partial charge < -0.3 is 4.98 Å². The first-order valence-corrected chi connectivity index (χ1v) is 8.07. The molecule has 1 aromatic carbocycles. The predicted octanol–water partition coefficient (Wildman–Crippen LogP) is 2.22. The molecule has 0 amide bonds. The van der Waals surface area contributed by atoms with Crippen molar-refractivity contribution in [3.05, 3.63) is 39.4 Å². The standard InChI is InChI=1S/C13H16N2O2S2/c1-9(19(2)17)7-8-15-12(16)10-5-3-4-6-11(10)14-13(15)18/h3-6,9H,7-8H2,1-2H3,(H,14,18). The molecule has 0 aliphatic carbocycles. The zero-order valence-corrected chi connectivity index (χ0v) is 12.5. The molecule has 1 N–H and O–H groups in total. The molecule has 0 aliphatic heterocycles. The van der Waals surface area contributed by atoms with Crippen LogP contribution in [0.15, 0.2) is 29.1 Å². The first kappa shape index (κ1) is 14.1. The van der Waals surface area contributed by atoms with E-state index in [2.05, 4.69) is 4.98 Å². The Bertz CT molecular complexity index is 733. The van der Waals surface area contributed by atoms with Crippen LogP contribution in [0.3, 0.4) is 0 Å². The van der Waals surface area contributed by atoms with Gasteiger partial charge in [-0.3, -0.25) is 13.6 Å². The van der Waals surface area contributed by atoms with Gasteiger partial charge in [0.25, 0.3) is 5.56 Å². The number of para-hydroxylation sites is 1. The Labute approximate surface area is 118 Å². The second kappa shape index (κ2) is 5.79. The number of nitrogens with zero attached hydrogens (tertiary/aromatic N) is 1. The number of benzene rings is 1. The van der Waals surface area contributed by atoms with Gasteiger partial charge in [-0.15, -0.1) is 0 Å². The zero-order valence-electron chi connectivity index (χ0n) is 10.9. The van der Waals surface area contributed by atoms with Gasteiger partial charge in [-0.2, -0.15) is 0 Å². The lowest BCUT2D eigenvalue weighted by Gasteiger charge is -2.11. The molecule has 0 radical (unpaired) electrons. The van der Waals surface area contributed by atoms with Gasteiger partial charge >= 0.3 is 0 Å². The average molecular weight is 296 g/mol. The number of rotatable bonds is 4. The summed E-state index contributed by atoms with van der Waals surface area (Å²) in [5.41, 5.74) is 0.661. The molecular formula is C13H16N2O2S2. The third kappa shape index (κ3) is 3.01. The van der Waals surface area contributed by atoms with Gasteiger partial charge in [-0.1, -0.05) is 19.1 Å². The van der Waals surface area contributed by atoms with Crippen LogP contribution in [0, 0.1) is 4.77 Å². The molecule has 0 spiro atoms. The summed E-state index contributed by atoms with van der Waals surface area (Å²) in [4.78, 5) is 15.4. The summed E-state index contributed by atoms with van der Waals surface area (Å²) in [6.45, 7) is 2.40. The summed E-state index contributed by atoms with van der Waals surface area (Å²) in [5.74, 6) is 0. The van der Waals surface area contributed by atoms with Crippen LogP contribution < -0.4 is 5.56 Å². The van der Waals surface area contributed by atoms with Crippen LogP contribution in [-0.4, -0.2) is 25.3 Å². The van der Waals surface area contributed by atoms with E-state index < -0.39 is 10.8 Å². The number of fused-ring (bicyclic) bond motifs is 1. The molecule has 1 aromatic heterocycles. The van der Waals surface area contributed by atoms with Crippen LogP contribution in [0.25, 0.3) is 10.9 Å². The van der Waals surface area contributed by atoms with Crippen LogP contribution in [0.1, 0.15) is 13.3 Å². The fourth-order valence-electron chi connectivity index (χ4n) is 1.88. The smallest absolute Gasteiger partial charge is 0.262 e. The number of aromatic nitrogens is 2. The highest BCUT2D eigenvalue weighted by Crippen LogP contribution is 2.07. The van der Waals surface area contributed by atoms with Gasteiger partial charge in [0.05, 0.1) is 10.9 Å². The van der Waals surface area contributed by atoms with Crippen molar-refractivity contribution in [3.8, 4) is 0 Å². The topological polar surface area (TPSA) is 54.9 Å². The van der Waals surface area contributed by atoms with E-state index in [0.29, 0.717) is 23.1 Å². The van der Waals surface area contributed by atoms with Crippen LogP contribution in [0.4, 0.5) is 0 Å². The molecular weight excluding hydrogens is 280 g/mol. The predicted molar refractivity (Wildman–Crippen MR) is 81.5 cm³/mol. The number of hydrogen-bond donors (Lipinski definition) is 1. The molecule has 4 nitrogen and oxygen atoms in total. The summed E-state index contributed by atoms with van der Waals surface area (Å²) < 4.78 is 13.3. The van der Waals surface area contributed by atoms with Crippen molar-refractivity contribution in [1.82, 2.24) is 9.55 Å². The Morgan fingerprint density at radius 2 is 2.11 bits per heavy atom. The molecule has 0 saturated carbocycles. The Morgan fingerprint density at radius 1 is 1.42 bits per heavy atom. The molecule has 19 heavy (non-hydrogen) atoms. The van der Waals surface area contributed by atoms with Crippen molar-refractivity contribution in [2.75, 3.05) is 6.26 Å². The summed E-state index contributed by atoms with van der Waals surface area (Å²) in [5, 5.41) is 0.675. The molecule has 2 unspecified atom stereocenters. The molecule has 0 bridgehead atoms. The van der Waals surface area contributed by atoms with E-state index in [1.165, 1.54) is 0 Å². The molecule has 0 fully saturated rings. The Kier molecular flexibility index (Phi) is 4.31. The average Bonchev–Trinajstić information content (AvgIpc) is 2.38. The highest BCUT2D eigenvalue weighted by molar-refractivity contribution is 7.84. The maximum atomic E-state index is 12.3. The minimum Gasteiger partial charge on any atom is -0.332 e.